The zero-order valence-corrected chi connectivity index (χ0v) is 25.2. The molecule has 3 aromatic carbocycles. The Morgan fingerprint density at radius 3 is 2.23 bits per heavy atom. The summed E-state index contributed by atoms with van der Waals surface area (Å²) in [6.45, 7) is 2.59. The van der Waals surface area contributed by atoms with Crippen molar-refractivity contribution < 1.29 is 9.59 Å². The Balaban J connectivity index is 1.36. The molecule has 3 N–H and O–H groups in total. The standard InChI is InChI=1S/C33H28Cl2N6O3/c1-2-41-32(43)29(38-33(44)39-30-26(34)19-36-20-27(30)35)18-28(40-41)24-12-6-10-22(16-24)23-11-7-13-25(17-23)31(42)37-15-14-21-8-4-3-5-9-21/h3-13,16-20H,2,14-15H2,1H3,(H,37,42)(H2,36,38,39,44). The molecular weight excluding hydrogens is 599 g/mol. The minimum absolute atomic E-state index is 0.0234. The van der Waals surface area contributed by atoms with Crippen LogP contribution >= 0.6 is 23.2 Å². The van der Waals surface area contributed by atoms with Gasteiger partial charge < -0.3 is 16.0 Å². The van der Waals surface area contributed by atoms with Crippen molar-refractivity contribution in [2.45, 2.75) is 19.9 Å². The number of carbonyl (C=O) groups is 2. The van der Waals surface area contributed by atoms with Crippen molar-refractivity contribution in [2.24, 2.45) is 0 Å². The minimum Gasteiger partial charge on any atom is -0.352 e. The van der Waals surface area contributed by atoms with Crippen LogP contribution in [-0.2, 0) is 13.0 Å². The molecule has 0 spiro atoms. The van der Waals surface area contributed by atoms with Gasteiger partial charge in [-0.25, -0.2) is 9.48 Å². The molecule has 9 nitrogen and oxygen atoms in total. The highest BCUT2D eigenvalue weighted by Crippen LogP contribution is 2.29. The summed E-state index contributed by atoms with van der Waals surface area (Å²) in [4.78, 5) is 42.5. The van der Waals surface area contributed by atoms with E-state index in [-0.39, 0.29) is 33.9 Å². The molecule has 2 aromatic heterocycles. The maximum Gasteiger partial charge on any atom is 0.323 e. The van der Waals surface area contributed by atoms with Crippen molar-refractivity contribution in [3.8, 4) is 22.4 Å². The van der Waals surface area contributed by atoms with Crippen LogP contribution in [0.5, 0.6) is 0 Å². The predicted octanol–water partition coefficient (Wildman–Crippen LogP) is 6.92. The lowest BCUT2D eigenvalue weighted by Crippen LogP contribution is -2.29. The van der Waals surface area contributed by atoms with Gasteiger partial charge in [-0.2, -0.15) is 5.10 Å². The van der Waals surface area contributed by atoms with Crippen LogP contribution in [0.15, 0.2) is 102 Å². The number of hydrogen-bond acceptors (Lipinski definition) is 5. The molecule has 0 radical (unpaired) electrons. The first-order valence-electron chi connectivity index (χ1n) is 13.8. The zero-order chi connectivity index (χ0) is 31.1. The number of aromatic nitrogens is 3. The Kier molecular flexibility index (Phi) is 9.69. The van der Waals surface area contributed by atoms with Gasteiger partial charge >= 0.3 is 6.03 Å². The zero-order valence-electron chi connectivity index (χ0n) is 23.7. The quantitative estimate of drug-likeness (QED) is 0.164. The van der Waals surface area contributed by atoms with Gasteiger partial charge in [0.1, 0.15) is 5.69 Å². The molecule has 2 heterocycles. The van der Waals surface area contributed by atoms with Gasteiger partial charge in [0.15, 0.2) is 0 Å². The van der Waals surface area contributed by atoms with E-state index in [1.807, 2.05) is 72.8 Å². The van der Waals surface area contributed by atoms with E-state index in [1.54, 1.807) is 13.0 Å². The van der Waals surface area contributed by atoms with E-state index in [2.05, 4.69) is 26.0 Å². The van der Waals surface area contributed by atoms with E-state index in [0.717, 1.165) is 23.1 Å². The Labute approximate surface area is 263 Å². The molecular formula is C33H28Cl2N6O3. The summed E-state index contributed by atoms with van der Waals surface area (Å²) in [5.41, 5.74) is 4.31. The fraction of sp³-hybridized carbons (Fsp3) is 0.121. The highest BCUT2D eigenvalue weighted by Gasteiger charge is 2.15. The largest absolute Gasteiger partial charge is 0.352 e. The molecule has 3 amide bonds. The van der Waals surface area contributed by atoms with Gasteiger partial charge in [-0.3, -0.25) is 14.6 Å². The second-order valence-electron chi connectivity index (χ2n) is 9.77. The number of urea groups is 1. The van der Waals surface area contributed by atoms with Gasteiger partial charge in [0, 0.05) is 36.6 Å². The van der Waals surface area contributed by atoms with E-state index in [9.17, 15) is 14.4 Å². The van der Waals surface area contributed by atoms with Crippen LogP contribution in [0.4, 0.5) is 16.2 Å². The monoisotopic (exact) mass is 626 g/mol. The first-order valence-corrected chi connectivity index (χ1v) is 14.6. The number of rotatable bonds is 9. The number of nitrogens with zero attached hydrogens (tertiary/aromatic N) is 3. The average Bonchev–Trinajstić information content (AvgIpc) is 3.04. The van der Waals surface area contributed by atoms with E-state index >= 15 is 0 Å². The van der Waals surface area contributed by atoms with E-state index < -0.39 is 11.6 Å². The third-order valence-corrected chi connectivity index (χ3v) is 7.35. The Bertz CT molecular complexity index is 1860. The molecule has 0 saturated heterocycles. The summed E-state index contributed by atoms with van der Waals surface area (Å²) >= 11 is 12.2. The van der Waals surface area contributed by atoms with Gasteiger partial charge in [-0.15, -0.1) is 0 Å². The number of nitrogens with one attached hydrogen (secondary N) is 3. The van der Waals surface area contributed by atoms with Crippen LogP contribution in [0.25, 0.3) is 22.4 Å². The molecule has 222 valence electrons. The summed E-state index contributed by atoms with van der Waals surface area (Å²) < 4.78 is 1.27. The molecule has 0 bridgehead atoms. The second kappa shape index (κ2) is 14.0. The van der Waals surface area contributed by atoms with Gasteiger partial charge in [-0.05, 0) is 54.3 Å². The Morgan fingerprint density at radius 1 is 0.818 bits per heavy atom. The van der Waals surface area contributed by atoms with Crippen molar-refractivity contribution in [3.63, 3.8) is 0 Å². The van der Waals surface area contributed by atoms with E-state index in [0.29, 0.717) is 23.4 Å². The maximum absolute atomic E-state index is 13.0. The molecule has 0 aliphatic heterocycles. The minimum atomic E-state index is -0.704. The lowest BCUT2D eigenvalue weighted by molar-refractivity contribution is 0.0954. The molecule has 5 aromatic rings. The summed E-state index contributed by atoms with van der Waals surface area (Å²) in [5, 5.41) is 12.9. The van der Waals surface area contributed by atoms with Crippen LogP contribution in [0.2, 0.25) is 10.0 Å². The fourth-order valence-electron chi connectivity index (χ4n) is 4.55. The van der Waals surface area contributed by atoms with Gasteiger partial charge in [0.2, 0.25) is 0 Å². The topological polar surface area (TPSA) is 118 Å². The van der Waals surface area contributed by atoms with Gasteiger partial charge in [0.25, 0.3) is 11.5 Å². The molecule has 5 rings (SSSR count). The smallest absolute Gasteiger partial charge is 0.323 e. The molecule has 0 fully saturated rings. The molecule has 0 aliphatic rings. The van der Waals surface area contributed by atoms with Crippen molar-refractivity contribution in [3.05, 3.63) is 129 Å². The number of hydrogen-bond donors (Lipinski definition) is 3. The second-order valence-corrected chi connectivity index (χ2v) is 10.6. The van der Waals surface area contributed by atoms with Gasteiger partial charge in [0.05, 0.1) is 21.4 Å². The van der Waals surface area contributed by atoms with Crippen LogP contribution in [0.3, 0.4) is 0 Å². The Morgan fingerprint density at radius 2 is 1.50 bits per heavy atom. The molecule has 44 heavy (non-hydrogen) atoms. The predicted molar refractivity (Wildman–Crippen MR) is 174 cm³/mol. The summed E-state index contributed by atoms with van der Waals surface area (Å²) in [7, 11) is 0. The van der Waals surface area contributed by atoms with Crippen LogP contribution in [-0.4, -0.2) is 33.2 Å². The number of amides is 3. The van der Waals surface area contributed by atoms with Crippen molar-refractivity contribution in [2.75, 3.05) is 17.2 Å². The van der Waals surface area contributed by atoms with Gasteiger partial charge in [-0.1, -0.05) is 83.9 Å². The normalized spacial score (nSPS) is 10.7. The summed E-state index contributed by atoms with van der Waals surface area (Å²) in [5.74, 6) is -0.154. The number of anilines is 2. The van der Waals surface area contributed by atoms with Crippen LogP contribution < -0.4 is 21.5 Å². The molecule has 0 saturated carbocycles. The molecule has 0 unspecified atom stereocenters. The highest BCUT2D eigenvalue weighted by atomic mass is 35.5. The lowest BCUT2D eigenvalue weighted by Gasteiger charge is -2.13. The number of carbonyl (C=O) groups excluding carboxylic acids is 2. The number of aryl methyl sites for hydroxylation is 1. The van der Waals surface area contributed by atoms with Crippen LogP contribution in [0.1, 0.15) is 22.8 Å². The molecule has 0 atom stereocenters. The molecule has 11 heteroatoms. The fourth-order valence-corrected chi connectivity index (χ4v) is 5.01. The highest BCUT2D eigenvalue weighted by molar-refractivity contribution is 6.39. The average molecular weight is 628 g/mol. The Hall–Kier alpha value is -4.99. The number of halogens is 2. The first-order chi connectivity index (χ1) is 21.3. The summed E-state index contributed by atoms with van der Waals surface area (Å²) in [6, 6.07) is 25.7. The SMILES string of the molecule is CCn1nc(-c2cccc(-c3cccc(C(=O)NCCc4ccccc4)c3)c2)cc(NC(=O)Nc2c(Cl)cncc2Cl)c1=O. The van der Waals surface area contributed by atoms with E-state index in [1.165, 1.54) is 23.1 Å². The summed E-state index contributed by atoms with van der Waals surface area (Å²) in [6.07, 6.45) is 3.43. The maximum atomic E-state index is 13.0. The third kappa shape index (κ3) is 7.31. The van der Waals surface area contributed by atoms with Crippen LogP contribution in [0, 0.1) is 0 Å². The van der Waals surface area contributed by atoms with E-state index in [4.69, 9.17) is 23.2 Å². The van der Waals surface area contributed by atoms with Crippen molar-refractivity contribution in [1.29, 1.82) is 0 Å². The third-order valence-electron chi connectivity index (χ3n) is 6.77. The van der Waals surface area contributed by atoms with Crippen molar-refractivity contribution in [1.82, 2.24) is 20.1 Å². The van der Waals surface area contributed by atoms with Crippen molar-refractivity contribution >= 4 is 46.5 Å². The lowest BCUT2D eigenvalue weighted by atomic mass is 9.99. The number of pyridine rings is 1. The molecule has 0 aliphatic carbocycles. The number of benzene rings is 3. The first kappa shape index (κ1) is 30.5.